The van der Waals surface area contributed by atoms with E-state index in [0.717, 1.165) is 11.1 Å². The first-order valence-corrected chi connectivity index (χ1v) is 6.31. The summed E-state index contributed by atoms with van der Waals surface area (Å²) in [6.07, 6.45) is 0. The van der Waals surface area contributed by atoms with Gasteiger partial charge in [-0.2, -0.15) is 0 Å². The van der Waals surface area contributed by atoms with Crippen LogP contribution in [0.5, 0.6) is 0 Å². The number of hydrogen-bond donors (Lipinski definition) is 2. The van der Waals surface area contributed by atoms with Gasteiger partial charge in [0.25, 0.3) is 0 Å². The minimum absolute atomic E-state index is 0. The van der Waals surface area contributed by atoms with E-state index in [1.54, 1.807) is 0 Å². The molecule has 1 amide bonds. The minimum Gasteiger partial charge on any atom is -0.344 e. The fourth-order valence-corrected chi connectivity index (χ4v) is 1.98. The molecule has 0 saturated carbocycles. The maximum absolute atomic E-state index is 11.6. The van der Waals surface area contributed by atoms with Gasteiger partial charge in [0.15, 0.2) is 0 Å². The van der Waals surface area contributed by atoms with Crippen LogP contribution in [0.3, 0.4) is 0 Å². The van der Waals surface area contributed by atoms with E-state index >= 15 is 0 Å². The quantitative estimate of drug-likeness (QED) is 0.909. The number of hydrogen-bond acceptors (Lipinski definition) is 2. The summed E-state index contributed by atoms with van der Waals surface area (Å²) in [5, 5.41) is 2.95. The Morgan fingerprint density at radius 1 is 1.05 bits per heavy atom. The molecular weight excluding hydrogens is 272 g/mol. The number of carbonyl (C=O) groups excluding carboxylic acids is 1. The molecule has 2 rings (SSSR count). The van der Waals surface area contributed by atoms with Crippen molar-refractivity contribution in [1.29, 1.82) is 0 Å². The highest BCUT2D eigenvalue weighted by Gasteiger charge is 2.15. The van der Waals surface area contributed by atoms with E-state index in [0.29, 0.717) is 0 Å². The van der Waals surface area contributed by atoms with Gasteiger partial charge in [0.1, 0.15) is 0 Å². The Bertz CT molecular complexity index is 540. The smallest absolute Gasteiger partial charge is 0.234 e. The maximum atomic E-state index is 11.6. The third-order valence-electron chi connectivity index (χ3n) is 3.03. The lowest BCUT2D eigenvalue weighted by Crippen LogP contribution is -2.34. The van der Waals surface area contributed by atoms with Crippen LogP contribution in [0.2, 0.25) is 0 Å². The molecule has 0 bridgehead atoms. The molecule has 3 N–H and O–H groups in total. The topological polar surface area (TPSA) is 55.1 Å². The second kappa shape index (κ2) is 7.68. The van der Waals surface area contributed by atoms with Crippen LogP contribution in [0.15, 0.2) is 54.6 Å². The molecule has 2 aromatic rings. The Morgan fingerprint density at radius 2 is 1.60 bits per heavy atom. The maximum Gasteiger partial charge on any atom is 0.234 e. The number of rotatable bonds is 4. The predicted molar refractivity (Wildman–Crippen MR) is 83.9 cm³/mol. The number of amides is 1. The largest absolute Gasteiger partial charge is 0.344 e. The Kier molecular flexibility index (Phi) is 6.22. The van der Waals surface area contributed by atoms with Crippen molar-refractivity contribution in [3.63, 3.8) is 0 Å². The number of carbonyl (C=O) groups is 1. The van der Waals surface area contributed by atoms with Gasteiger partial charge in [-0.15, -0.1) is 12.4 Å². The minimum atomic E-state index is -0.158. The SMILES string of the molecule is Cc1ccc(C(NC(=O)CN)c2ccccc2)cc1.Cl. The van der Waals surface area contributed by atoms with Gasteiger partial charge >= 0.3 is 0 Å². The molecule has 1 atom stereocenters. The van der Waals surface area contributed by atoms with Gasteiger partial charge < -0.3 is 11.1 Å². The molecule has 0 spiro atoms. The van der Waals surface area contributed by atoms with Gasteiger partial charge in [-0.25, -0.2) is 0 Å². The van der Waals surface area contributed by atoms with Crippen molar-refractivity contribution in [3.8, 4) is 0 Å². The molecule has 0 aromatic heterocycles. The highest BCUT2D eigenvalue weighted by molar-refractivity contribution is 5.85. The average Bonchev–Trinajstić information content (AvgIpc) is 2.46. The number of aryl methyl sites for hydroxylation is 1. The van der Waals surface area contributed by atoms with Gasteiger partial charge in [0.05, 0.1) is 12.6 Å². The Labute approximate surface area is 125 Å². The highest BCUT2D eigenvalue weighted by atomic mass is 35.5. The van der Waals surface area contributed by atoms with Crippen molar-refractivity contribution in [3.05, 3.63) is 71.3 Å². The predicted octanol–water partition coefficient (Wildman–Crippen LogP) is 2.58. The van der Waals surface area contributed by atoms with Crippen molar-refractivity contribution in [2.24, 2.45) is 5.73 Å². The number of benzene rings is 2. The van der Waals surface area contributed by atoms with Crippen LogP contribution in [0.25, 0.3) is 0 Å². The summed E-state index contributed by atoms with van der Waals surface area (Å²) in [7, 11) is 0. The van der Waals surface area contributed by atoms with Gasteiger partial charge in [0.2, 0.25) is 5.91 Å². The lowest BCUT2D eigenvalue weighted by Gasteiger charge is -2.19. The summed E-state index contributed by atoms with van der Waals surface area (Å²) in [5.74, 6) is -0.158. The Hall–Kier alpha value is -1.84. The zero-order valence-corrected chi connectivity index (χ0v) is 12.2. The lowest BCUT2D eigenvalue weighted by atomic mass is 9.98. The summed E-state index contributed by atoms with van der Waals surface area (Å²) < 4.78 is 0. The zero-order valence-electron chi connectivity index (χ0n) is 11.4. The van der Waals surface area contributed by atoms with E-state index in [4.69, 9.17) is 5.73 Å². The van der Waals surface area contributed by atoms with Crippen LogP contribution in [-0.2, 0) is 4.79 Å². The van der Waals surface area contributed by atoms with E-state index in [9.17, 15) is 4.79 Å². The normalized spacial score (nSPS) is 11.3. The molecule has 4 heteroatoms. The van der Waals surface area contributed by atoms with Gasteiger partial charge in [-0.05, 0) is 18.1 Å². The van der Waals surface area contributed by atoms with Crippen molar-refractivity contribution < 1.29 is 4.79 Å². The molecule has 3 nitrogen and oxygen atoms in total. The second-order valence-corrected chi connectivity index (χ2v) is 4.53. The molecule has 0 radical (unpaired) electrons. The molecule has 0 aliphatic rings. The molecule has 0 saturated heterocycles. The fraction of sp³-hybridized carbons (Fsp3) is 0.188. The number of halogens is 1. The van der Waals surface area contributed by atoms with Gasteiger partial charge in [-0.1, -0.05) is 60.2 Å². The molecule has 0 aliphatic heterocycles. The molecular formula is C16H19ClN2O. The zero-order chi connectivity index (χ0) is 13.7. The molecule has 2 aromatic carbocycles. The van der Waals surface area contributed by atoms with Crippen molar-refractivity contribution in [2.75, 3.05) is 6.54 Å². The van der Waals surface area contributed by atoms with E-state index in [-0.39, 0.29) is 30.9 Å². The molecule has 20 heavy (non-hydrogen) atoms. The summed E-state index contributed by atoms with van der Waals surface area (Å²) in [5.41, 5.74) is 8.69. The average molecular weight is 291 g/mol. The third-order valence-corrected chi connectivity index (χ3v) is 3.03. The fourth-order valence-electron chi connectivity index (χ4n) is 1.98. The molecule has 0 aliphatic carbocycles. The summed E-state index contributed by atoms with van der Waals surface area (Å²) >= 11 is 0. The molecule has 1 unspecified atom stereocenters. The van der Waals surface area contributed by atoms with Gasteiger partial charge in [-0.3, -0.25) is 4.79 Å². The van der Waals surface area contributed by atoms with Crippen molar-refractivity contribution in [1.82, 2.24) is 5.32 Å². The van der Waals surface area contributed by atoms with Gasteiger partial charge in [0, 0.05) is 0 Å². The lowest BCUT2D eigenvalue weighted by molar-refractivity contribution is -0.120. The monoisotopic (exact) mass is 290 g/mol. The first-order chi connectivity index (χ1) is 9.20. The van der Waals surface area contributed by atoms with Crippen LogP contribution in [0.4, 0.5) is 0 Å². The summed E-state index contributed by atoms with van der Waals surface area (Å²) in [6, 6.07) is 17.9. The third kappa shape index (κ3) is 4.08. The number of nitrogens with two attached hydrogens (primary N) is 1. The summed E-state index contributed by atoms with van der Waals surface area (Å²) in [6.45, 7) is 2.04. The van der Waals surface area contributed by atoms with Crippen LogP contribution in [-0.4, -0.2) is 12.5 Å². The van der Waals surface area contributed by atoms with Crippen LogP contribution >= 0.6 is 12.4 Å². The highest BCUT2D eigenvalue weighted by Crippen LogP contribution is 2.22. The van der Waals surface area contributed by atoms with E-state index in [1.165, 1.54) is 5.56 Å². The standard InChI is InChI=1S/C16H18N2O.ClH/c1-12-7-9-14(10-8-12)16(18-15(19)11-17)13-5-3-2-4-6-13;/h2-10,16H,11,17H2,1H3,(H,18,19);1H. The van der Waals surface area contributed by atoms with Crippen LogP contribution in [0.1, 0.15) is 22.7 Å². The Balaban J connectivity index is 0.00000200. The molecule has 0 fully saturated rings. The van der Waals surface area contributed by atoms with E-state index in [2.05, 4.69) is 5.32 Å². The first kappa shape index (κ1) is 16.2. The Morgan fingerprint density at radius 3 is 2.15 bits per heavy atom. The van der Waals surface area contributed by atoms with E-state index in [1.807, 2.05) is 61.5 Å². The van der Waals surface area contributed by atoms with Crippen molar-refractivity contribution in [2.45, 2.75) is 13.0 Å². The second-order valence-electron chi connectivity index (χ2n) is 4.53. The summed E-state index contributed by atoms with van der Waals surface area (Å²) in [4.78, 5) is 11.6. The van der Waals surface area contributed by atoms with Crippen LogP contribution in [0, 0.1) is 6.92 Å². The number of nitrogens with one attached hydrogen (secondary N) is 1. The van der Waals surface area contributed by atoms with Crippen molar-refractivity contribution >= 4 is 18.3 Å². The van der Waals surface area contributed by atoms with Crippen LogP contribution < -0.4 is 11.1 Å². The molecule has 106 valence electrons. The molecule has 0 heterocycles. The van der Waals surface area contributed by atoms with E-state index < -0.39 is 0 Å². The first-order valence-electron chi connectivity index (χ1n) is 6.31.